The van der Waals surface area contributed by atoms with E-state index < -0.39 is 0 Å². The number of aromatic nitrogens is 2. The van der Waals surface area contributed by atoms with Crippen molar-refractivity contribution in [2.45, 2.75) is 63.7 Å². The summed E-state index contributed by atoms with van der Waals surface area (Å²) in [7, 11) is 0. The molecule has 0 amide bonds. The van der Waals surface area contributed by atoms with E-state index in [2.05, 4.69) is 27.1 Å². The summed E-state index contributed by atoms with van der Waals surface area (Å²) in [4.78, 5) is 4.11. The molecule has 2 N–H and O–H groups in total. The summed E-state index contributed by atoms with van der Waals surface area (Å²) in [5, 5.41) is 7.55. The lowest BCUT2D eigenvalue weighted by Gasteiger charge is -2.29. The van der Waals surface area contributed by atoms with E-state index in [1.807, 2.05) is 18.7 Å². The van der Waals surface area contributed by atoms with Crippen LogP contribution in [0.3, 0.4) is 0 Å². The van der Waals surface area contributed by atoms with Gasteiger partial charge in [0.1, 0.15) is 0 Å². The van der Waals surface area contributed by atoms with Gasteiger partial charge in [0.05, 0.1) is 6.33 Å². The number of hydrogen-bond acceptors (Lipinski definition) is 3. The van der Waals surface area contributed by atoms with Gasteiger partial charge < -0.3 is 15.2 Å². The predicted molar refractivity (Wildman–Crippen MR) is 77.0 cm³/mol. The van der Waals surface area contributed by atoms with E-state index >= 15 is 0 Å². The zero-order chi connectivity index (χ0) is 13.1. The van der Waals surface area contributed by atoms with Crippen LogP contribution in [0.25, 0.3) is 0 Å². The Kier molecular flexibility index (Phi) is 4.18. The van der Waals surface area contributed by atoms with Crippen LogP contribution in [-0.4, -0.2) is 34.2 Å². The molecule has 2 heterocycles. The molecule has 3 rings (SSSR count). The van der Waals surface area contributed by atoms with Gasteiger partial charge >= 0.3 is 0 Å². The molecule has 0 spiro atoms. The van der Waals surface area contributed by atoms with Crippen LogP contribution >= 0.6 is 0 Å². The Labute approximate surface area is 116 Å². The molecule has 2 fully saturated rings. The van der Waals surface area contributed by atoms with E-state index in [1.165, 1.54) is 38.6 Å². The molecule has 2 aliphatic rings. The molecule has 4 unspecified atom stereocenters. The summed E-state index contributed by atoms with van der Waals surface area (Å²) in [6.07, 6.45) is 12.7. The van der Waals surface area contributed by atoms with Gasteiger partial charge in [-0.15, -0.1) is 0 Å². The van der Waals surface area contributed by atoms with Crippen LogP contribution in [0.2, 0.25) is 0 Å². The van der Waals surface area contributed by atoms with Crippen LogP contribution in [-0.2, 0) is 6.54 Å². The second kappa shape index (κ2) is 6.06. The maximum Gasteiger partial charge on any atom is 0.0946 e. The molecule has 0 bridgehead atoms. The fraction of sp³-hybridized carbons (Fsp3) is 0.800. The summed E-state index contributed by atoms with van der Waals surface area (Å²) in [6, 6.07) is 1.98. The van der Waals surface area contributed by atoms with Crippen molar-refractivity contribution in [1.29, 1.82) is 0 Å². The van der Waals surface area contributed by atoms with Crippen LogP contribution < -0.4 is 10.6 Å². The van der Waals surface area contributed by atoms with Gasteiger partial charge in [-0.25, -0.2) is 4.98 Å². The van der Waals surface area contributed by atoms with Crippen LogP contribution in [0.15, 0.2) is 18.7 Å². The highest BCUT2D eigenvalue weighted by molar-refractivity contribution is 4.94. The Morgan fingerprint density at radius 1 is 1.37 bits per heavy atom. The quantitative estimate of drug-likeness (QED) is 0.850. The van der Waals surface area contributed by atoms with Crippen molar-refractivity contribution in [3.63, 3.8) is 0 Å². The number of nitrogens with zero attached hydrogens (tertiary/aromatic N) is 2. The highest BCUT2D eigenvalue weighted by atomic mass is 15.1. The van der Waals surface area contributed by atoms with Crippen molar-refractivity contribution >= 4 is 0 Å². The van der Waals surface area contributed by atoms with E-state index in [1.54, 1.807) is 0 Å². The molecule has 1 saturated carbocycles. The minimum Gasteiger partial charge on any atom is -0.336 e. The minimum absolute atomic E-state index is 0.515. The van der Waals surface area contributed by atoms with E-state index in [4.69, 9.17) is 0 Å². The first-order valence-electron chi connectivity index (χ1n) is 7.78. The average Bonchev–Trinajstić information content (AvgIpc) is 3.09. The van der Waals surface area contributed by atoms with Crippen molar-refractivity contribution < 1.29 is 0 Å². The van der Waals surface area contributed by atoms with Gasteiger partial charge in [-0.1, -0.05) is 6.42 Å². The lowest BCUT2D eigenvalue weighted by Crippen LogP contribution is -2.46. The predicted octanol–water partition coefficient (Wildman–Crippen LogP) is 1.78. The molecular formula is C15H26N4. The molecule has 106 valence electrons. The van der Waals surface area contributed by atoms with Gasteiger partial charge in [-0.2, -0.15) is 0 Å². The van der Waals surface area contributed by atoms with Gasteiger partial charge in [0.2, 0.25) is 0 Å². The Hall–Kier alpha value is -0.870. The summed E-state index contributed by atoms with van der Waals surface area (Å²) in [5.41, 5.74) is 0. The smallest absolute Gasteiger partial charge is 0.0946 e. The first-order chi connectivity index (χ1) is 9.33. The molecule has 1 aromatic heterocycles. The van der Waals surface area contributed by atoms with E-state index in [-0.39, 0.29) is 0 Å². The standard InChI is InChI=1S/C15H26N4/c1-12(10-19-9-8-16-11-19)18-15-5-2-4-13(15)14-6-3-7-17-14/h8-9,11-15,17-18H,2-7,10H2,1H3. The molecule has 0 aromatic carbocycles. The molecule has 1 aromatic rings. The molecule has 4 atom stereocenters. The molecule has 1 saturated heterocycles. The summed E-state index contributed by atoms with van der Waals surface area (Å²) in [6.45, 7) is 4.53. The van der Waals surface area contributed by atoms with E-state index in [9.17, 15) is 0 Å². The Morgan fingerprint density at radius 2 is 2.32 bits per heavy atom. The third kappa shape index (κ3) is 3.18. The Bertz CT molecular complexity index is 370. The summed E-state index contributed by atoms with van der Waals surface area (Å²) < 4.78 is 2.16. The van der Waals surface area contributed by atoms with Crippen molar-refractivity contribution in [3.8, 4) is 0 Å². The Morgan fingerprint density at radius 3 is 3.05 bits per heavy atom. The largest absolute Gasteiger partial charge is 0.336 e. The third-order valence-corrected chi connectivity index (χ3v) is 4.73. The van der Waals surface area contributed by atoms with Gasteiger partial charge in [-0.05, 0) is 45.1 Å². The molecular weight excluding hydrogens is 236 g/mol. The maximum absolute atomic E-state index is 4.11. The van der Waals surface area contributed by atoms with Crippen LogP contribution in [0, 0.1) is 5.92 Å². The lowest BCUT2D eigenvalue weighted by molar-refractivity contribution is 0.293. The van der Waals surface area contributed by atoms with E-state index in [0.717, 1.165) is 18.5 Å². The lowest BCUT2D eigenvalue weighted by atomic mass is 9.92. The zero-order valence-electron chi connectivity index (χ0n) is 11.9. The summed E-state index contributed by atoms with van der Waals surface area (Å²) >= 11 is 0. The molecule has 1 aliphatic heterocycles. The van der Waals surface area contributed by atoms with Gasteiger partial charge in [0, 0.05) is 37.1 Å². The van der Waals surface area contributed by atoms with Crippen LogP contribution in [0.5, 0.6) is 0 Å². The number of nitrogens with one attached hydrogen (secondary N) is 2. The molecule has 1 aliphatic carbocycles. The number of hydrogen-bond donors (Lipinski definition) is 2. The first kappa shape index (κ1) is 13.1. The molecule has 19 heavy (non-hydrogen) atoms. The minimum atomic E-state index is 0.515. The first-order valence-corrected chi connectivity index (χ1v) is 7.78. The van der Waals surface area contributed by atoms with E-state index in [0.29, 0.717) is 12.1 Å². The number of rotatable bonds is 5. The topological polar surface area (TPSA) is 41.9 Å². The highest BCUT2D eigenvalue weighted by Crippen LogP contribution is 2.32. The molecule has 4 heteroatoms. The molecule has 0 radical (unpaired) electrons. The van der Waals surface area contributed by atoms with Gasteiger partial charge in [-0.3, -0.25) is 0 Å². The van der Waals surface area contributed by atoms with Crippen molar-refractivity contribution in [2.24, 2.45) is 5.92 Å². The van der Waals surface area contributed by atoms with Crippen molar-refractivity contribution in [1.82, 2.24) is 20.2 Å². The SMILES string of the molecule is CC(Cn1ccnc1)NC1CCCC1C1CCCN1. The van der Waals surface area contributed by atoms with Crippen molar-refractivity contribution in [2.75, 3.05) is 6.54 Å². The van der Waals surface area contributed by atoms with Gasteiger partial charge in [0.25, 0.3) is 0 Å². The van der Waals surface area contributed by atoms with Crippen molar-refractivity contribution in [3.05, 3.63) is 18.7 Å². The normalized spacial score (nSPS) is 32.8. The number of imidazole rings is 1. The highest BCUT2D eigenvalue weighted by Gasteiger charge is 2.35. The van der Waals surface area contributed by atoms with Crippen LogP contribution in [0.1, 0.15) is 39.0 Å². The van der Waals surface area contributed by atoms with Crippen LogP contribution in [0.4, 0.5) is 0 Å². The maximum atomic E-state index is 4.11. The third-order valence-electron chi connectivity index (χ3n) is 4.73. The monoisotopic (exact) mass is 262 g/mol. The summed E-state index contributed by atoms with van der Waals surface area (Å²) in [5.74, 6) is 0.840. The van der Waals surface area contributed by atoms with Gasteiger partial charge in [0.15, 0.2) is 0 Å². The zero-order valence-corrected chi connectivity index (χ0v) is 11.9. The Balaban J connectivity index is 1.52. The fourth-order valence-corrected chi connectivity index (χ4v) is 3.88. The second-order valence-electron chi connectivity index (χ2n) is 6.23. The average molecular weight is 262 g/mol. The fourth-order valence-electron chi connectivity index (χ4n) is 3.88. The molecule has 4 nitrogen and oxygen atoms in total. The second-order valence-corrected chi connectivity index (χ2v) is 6.23.